The summed E-state index contributed by atoms with van der Waals surface area (Å²) in [6.45, 7) is 2.07. The van der Waals surface area contributed by atoms with Crippen molar-refractivity contribution in [3.63, 3.8) is 0 Å². The first-order valence-corrected chi connectivity index (χ1v) is 6.50. The number of aromatic nitrogens is 2. The van der Waals surface area contributed by atoms with Crippen molar-refractivity contribution < 1.29 is 9.31 Å². The monoisotopic (exact) mass is 275 g/mol. The Bertz CT molecular complexity index is 669. The number of aromatic amines is 1. The number of rotatable bonds is 3. The van der Waals surface area contributed by atoms with Crippen LogP contribution >= 0.6 is 0 Å². The van der Waals surface area contributed by atoms with Gasteiger partial charge >= 0.3 is 5.69 Å². The molecule has 1 aliphatic rings. The first-order chi connectivity index (χ1) is 9.55. The van der Waals surface area contributed by atoms with E-state index in [4.69, 9.17) is 0 Å². The van der Waals surface area contributed by atoms with E-state index < -0.39 is 16.4 Å². The van der Waals surface area contributed by atoms with Gasteiger partial charge in [0.2, 0.25) is 5.82 Å². The molecule has 1 aromatic carbocycles. The summed E-state index contributed by atoms with van der Waals surface area (Å²) in [5, 5.41) is 10.8. The summed E-state index contributed by atoms with van der Waals surface area (Å²) in [6, 6.07) is 2.68. The zero-order chi connectivity index (χ0) is 14.3. The molecule has 0 saturated carbocycles. The molecular weight excluding hydrogens is 261 g/mol. The molecule has 6 heteroatoms. The second kappa shape index (κ2) is 4.40. The third-order valence-electron chi connectivity index (χ3n) is 4.27. The van der Waals surface area contributed by atoms with Gasteiger partial charge in [-0.1, -0.05) is 6.92 Å². The van der Waals surface area contributed by atoms with Crippen molar-refractivity contribution in [3.05, 3.63) is 57.4 Å². The van der Waals surface area contributed by atoms with E-state index in [-0.39, 0.29) is 5.41 Å². The number of fused-ring (bicyclic) bond motifs is 1. The number of benzene rings is 1. The number of nitrogens with one attached hydrogen (secondary N) is 1. The molecule has 0 radical (unpaired) electrons. The third kappa shape index (κ3) is 1.79. The van der Waals surface area contributed by atoms with Gasteiger partial charge in [-0.25, -0.2) is 4.98 Å². The third-order valence-corrected chi connectivity index (χ3v) is 4.27. The molecule has 0 bridgehead atoms. The van der Waals surface area contributed by atoms with Crippen LogP contribution in [0.5, 0.6) is 0 Å². The van der Waals surface area contributed by atoms with Gasteiger partial charge in [-0.2, -0.15) is 4.39 Å². The smallest absolute Gasteiger partial charge is 0.305 e. The number of nitro benzene ring substituents is 1. The Hall–Kier alpha value is -2.24. The van der Waals surface area contributed by atoms with Crippen LogP contribution in [0, 0.1) is 15.9 Å². The summed E-state index contributed by atoms with van der Waals surface area (Å²) in [6.07, 6.45) is 5.61. The van der Waals surface area contributed by atoms with Crippen LogP contribution in [0.3, 0.4) is 0 Å². The Kier molecular flexibility index (Phi) is 2.81. The van der Waals surface area contributed by atoms with Crippen LogP contribution in [-0.2, 0) is 18.3 Å². The van der Waals surface area contributed by atoms with Crippen molar-refractivity contribution in [1.82, 2.24) is 9.97 Å². The van der Waals surface area contributed by atoms with Crippen LogP contribution in [0.4, 0.5) is 10.1 Å². The van der Waals surface area contributed by atoms with E-state index in [0.29, 0.717) is 12.8 Å². The minimum atomic E-state index is -0.759. The van der Waals surface area contributed by atoms with E-state index in [1.54, 1.807) is 12.5 Å². The van der Waals surface area contributed by atoms with Crippen molar-refractivity contribution >= 4 is 5.69 Å². The number of nitrogens with zero attached hydrogens (tertiary/aromatic N) is 2. The lowest BCUT2D eigenvalue weighted by molar-refractivity contribution is -0.387. The quantitative estimate of drug-likeness (QED) is 0.691. The van der Waals surface area contributed by atoms with Gasteiger partial charge in [0.25, 0.3) is 0 Å². The average molecular weight is 275 g/mol. The van der Waals surface area contributed by atoms with E-state index in [9.17, 15) is 14.5 Å². The Morgan fingerprint density at radius 3 is 2.70 bits per heavy atom. The van der Waals surface area contributed by atoms with Crippen LogP contribution in [0.25, 0.3) is 0 Å². The van der Waals surface area contributed by atoms with Crippen molar-refractivity contribution in [2.24, 2.45) is 0 Å². The fourth-order valence-electron chi connectivity index (χ4n) is 3.08. The zero-order valence-electron chi connectivity index (χ0n) is 11.0. The summed E-state index contributed by atoms with van der Waals surface area (Å²) in [7, 11) is 0. The number of imidazole rings is 1. The van der Waals surface area contributed by atoms with Crippen molar-refractivity contribution in [3.8, 4) is 0 Å². The van der Waals surface area contributed by atoms with Gasteiger partial charge in [-0.15, -0.1) is 0 Å². The summed E-state index contributed by atoms with van der Waals surface area (Å²) >= 11 is 0. The van der Waals surface area contributed by atoms with Gasteiger partial charge in [0.1, 0.15) is 0 Å². The largest absolute Gasteiger partial charge is 0.348 e. The average Bonchev–Trinajstić information content (AvgIpc) is 3.04. The molecule has 0 spiro atoms. The normalized spacial score (nSPS) is 20.9. The highest BCUT2D eigenvalue weighted by molar-refractivity contribution is 5.47. The SMILES string of the molecule is CCC1(c2cnc[nH]2)Cc2cc(F)c([N+](=O)[O-])cc2C1. The summed E-state index contributed by atoms with van der Waals surface area (Å²) in [4.78, 5) is 17.3. The van der Waals surface area contributed by atoms with E-state index in [1.807, 2.05) is 0 Å². The Morgan fingerprint density at radius 1 is 1.45 bits per heavy atom. The van der Waals surface area contributed by atoms with Crippen molar-refractivity contribution in [2.75, 3.05) is 0 Å². The summed E-state index contributed by atoms with van der Waals surface area (Å²) in [5.41, 5.74) is 2.10. The van der Waals surface area contributed by atoms with Crippen LogP contribution in [0.1, 0.15) is 30.2 Å². The minimum absolute atomic E-state index is 0.166. The van der Waals surface area contributed by atoms with Gasteiger partial charge in [0.05, 0.1) is 11.3 Å². The molecule has 20 heavy (non-hydrogen) atoms. The maximum Gasteiger partial charge on any atom is 0.305 e. The Morgan fingerprint density at radius 2 is 2.15 bits per heavy atom. The fraction of sp³-hybridized carbons (Fsp3) is 0.357. The molecular formula is C14H14FN3O2. The second-order valence-electron chi connectivity index (χ2n) is 5.28. The molecule has 2 aromatic rings. The Balaban J connectivity index is 2.05. The lowest BCUT2D eigenvalue weighted by Crippen LogP contribution is -2.26. The molecule has 0 fully saturated rings. The molecule has 5 nitrogen and oxygen atoms in total. The van der Waals surface area contributed by atoms with Crippen molar-refractivity contribution in [2.45, 2.75) is 31.6 Å². The summed E-state index contributed by atoms with van der Waals surface area (Å²) < 4.78 is 13.7. The van der Waals surface area contributed by atoms with Crippen LogP contribution in [0.15, 0.2) is 24.7 Å². The van der Waals surface area contributed by atoms with Gasteiger partial charge in [-0.05, 0) is 36.5 Å². The van der Waals surface area contributed by atoms with E-state index in [2.05, 4.69) is 16.9 Å². The predicted molar refractivity (Wildman–Crippen MR) is 71.0 cm³/mol. The van der Waals surface area contributed by atoms with E-state index >= 15 is 0 Å². The fourth-order valence-corrected chi connectivity index (χ4v) is 3.08. The lowest BCUT2D eigenvalue weighted by Gasteiger charge is -2.25. The highest BCUT2D eigenvalue weighted by Crippen LogP contribution is 2.42. The van der Waals surface area contributed by atoms with Crippen LogP contribution in [0.2, 0.25) is 0 Å². The first kappa shape index (κ1) is 12.8. The molecule has 1 heterocycles. The number of hydrogen-bond donors (Lipinski definition) is 1. The van der Waals surface area contributed by atoms with Crippen LogP contribution < -0.4 is 0 Å². The van der Waals surface area contributed by atoms with Gasteiger partial charge in [0, 0.05) is 23.4 Å². The number of halogens is 1. The topological polar surface area (TPSA) is 71.8 Å². The lowest BCUT2D eigenvalue weighted by atomic mass is 9.79. The molecule has 1 atom stereocenters. The molecule has 1 unspecified atom stereocenters. The summed E-state index contributed by atoms with van der Waals surface area (Å²) in [5.74, 6) is -0.759. The van der Waals surface area contributed by atoms with E-state index in [0.717, 1.165) is 23.2 Å². The molecule has 3 rings (SSSR count). The molecule has 0 saturated heterocycles. The molecule has 1 N–H and O–H groups in total. The molecule has 0 amide bonds. The highest BCUT2D eigenvalue weighted by Gasteiger charge is 2.39. The maximum atomic E-state index is 13.7. The number of hydrogen-bond acceptors (Lipinski definition) is 3. The number of nitro groups is 1. The van der Waals surface area contributed by atoms with Gasteiger partial charge in [-0.3, -0.25) is 10.1 Å². The van der Waals surface area contributed by atoms with Gasteiger partial charge in [0.15, 0.2) is 0 Å². The first-order valence-electron chi connectivity index (χ1n) is 6.50. The van der Waals surface area contributed by atoms with E-state index in [1.165, 1.54) is 12.1 Å². The number of H-pyrrole nitrogens is 1. The van der Waals surface area contributed by atoms with Crippen molar-refractivity contribution in [1.29, 1.82) is 0 Å². The Labute approximate surface area is 115 Å². The molecule has 1 aromatic heterocycles. The standard InChI is InChI=1S/C14H14FN3O2/c1-2-14(13-7-16-8-17-13)5-9-3-11(15)12(18(19)20)4-10(9)6-14/h3-4,7-8H,2,5-6H2,1H3,(H,16,17). The molecule has 0 aliphatic heterocycles. The second-order valence-corrected chi connectivity index (χ2v) is 5.28. The van der Waals surface area contributed by atoms with Crippen LogP contribution in [-0.4, -0.2) is 14.9 Å². The minimum Gasteiger partial charge on any atom is -0.348 e. The highest BCUT2D eigenvalue weighted by atomic mass is 19.1. The maximum absolute atomic E-state index is 13.7. The molecule has 104 valence electrons. The van der Waals surface area contributed by atoms with Gasteiger partial charge < -0.3 is 4.98 Å². The predicted octanol–water partition coefficient (Wildman–Crippen LogP) is 2.90. The molecule has 1 aliphatic carbocycles. The zero-order valence-corrected chi connectivity index (χ0v) is 11.0.